The zero-order valence-electron chi connectivity index (χ0n) is 8.84. The maximum atomic E-state index is 11.2. The van der Waals surface area contributed by atoms with Crippen LogP contribution in [0.1, 0.15) is 26.7 Å². The molecule has 0 spiro atoms. The Hall–Kier alpha value is -1.21. The van der Waals surface area contributed by atoms with E-state index in [-0.39, 0.29) is 6.04 Å². The zero-order valence-corrected chi connectivity index (χ0v) is 9.60. The van der Waals surface area contributed by atoms with Crippen molar-refractivity contribution in [1.82, 2.24) is 10.6 Å². The van der Waals surface area contributed by atoms with E-state index in [1.165, 1.54) is 6.92 Å². The lowest BCUT2D eigenvalue weighted by atomic mass is 10.2. The number of alkyl halides is 1. The van der Waals surface area contributed by atoms with Crippen LogP contribution < -0.4 is 10.6 Å². The number of hydrogen-bond acceptors (Lipinski definition) is 2. The molecule has 3 amide bonds. The highest BCUT2D eigenvalue weighted by Gasteiger charge is 2.14. The number of urea groups is 1. The van der Waals surface area contributed by atoms with E-state index in [1.54, 1.807) is 0 Å². The van der Waals surface area contributed by atoms with Crippen molar-refractivity contribution in [2.75, 3.05) is 0 Å². The first kappa shape index (κ1) is 13.8. The van der Waals surface area contributed by atoms with Gasteiger partial charge in [0.05, 0.1) is 0 Å². The quantitative estimate of drug-likeness (QED) is 0.564. The van der Waals surface area contributed by atoms with Crippen LogP contribution in [0.15, 0.2) is 0 Å². The second-order valence-electron chi connectivity index (χ2n) is 3.09. The fourth-order valence-electron chi connectivity index (χ4n) is 0.873. The average molecular weight is 231 g/mol. The highest BCUT2D eigenvalue weighted by atomic mass is 35.5. The lowest BCUT2D eigenvalue weighted by Crippen LogP contribution is -2.46. The Labute approximate surface area is 94.7 Å². The number of rotatable bonds is 4. The highest BCUT2D eigenvalue weighted by molar-refractivity contribution is 6.31. The number of carbonyl (C=O) groups is 2. The summed E-state index contributed by atoms with van der Waals surface area (Å²) >= 11 is 5.48. The minimum absolute atomic E-state index is 0.117. The Morgan fingerprint density at radius 1 is 1.53 bits per heavy atom. The number of amides is 3. The van der Waals surface area contributed by atoms with E-state index in [2.05, 4.69) is 16.6 Å². The molecule has 5 heteroatoms. The predicted molar refractivity (Wildman–Crippen MR) is 59.5 cm³/mol. The van der Waals surface area contributed by atoms with E-state index in [0.29, 0.717) is 12.8 Å². The molecule has 4 nitrogen and oxygen atoms in total. The number of halogens is 1. The van der Waals surface area contributed by atoms with Gasteiger partial charge in [-0.25, -0.2) is 4.79 Å². The Bertz CT molecular complexity index is 271. The highest BCUT2D eigenvalue weighted by Crippen LogP contribution is 1.96. The first-order valence-electron chi connectivity index (χ1n) is 4.70. The smallest absolute Gasteiger partial charge is 0.321 e. The third-order valence-corrected chi connectivity index (χ3v) is 1.99. The fourth-order valence-corrected chi connectivity index (χ4v) is 0.927. The Kier molecular flexibility index (Phi) is 6.56. The van der Waals surface area contributed by atoms with Crippen LogP contribution in [0.2, 0.25) is 0 Å². The van der Waals surface area contributed by atoms with Crippen LogP contribution in [-0.4, -0.2) is 23.4 Å². The summed E-state index contributed by atoms with van der Waals surface area (Å²) in [5.74, 6) is 1.92. The monoisotopic (exact) mass is 230 g/mol. The lowest BCUT2D eigenvalue weighted by Gasteiger charge is -2.14. The van der Waals surface area contributed by atoms with Crippen LogP contribution >= 0.6 is 11.6 Å². The first-order chi connectivity index (χ1) is 7.01. The molecule has 2 unspecified atom stereocenters. The van der Waals surface area contributed by atoms with Gasteiger partial charge in [-0.2, -0.15) is 0 Å². The molecule has 0 bridgehead atoms. The third kappa shape index (κ3) is 5.97. The maximum absolute atomic E-state index is 11.2. The molecule has 0 saturated carbocycles. The van der Waals surface area contributed by atoms with Crippen LogP contribution in [-0.2, 0) is 4.79 Å². The second-order valence-corrected chi connectivity index (χ2v) is 3.75. The van der Waals surface area contributed by atoms with Gasteiger partial charge in [-0.15, -0.1) is 23.9 Å². The molecular weight excluding hydrogens is 216 g/mol. The number of nitrogens with one attached hydrogen (secondary N) is 2. The number of imide groups is 1. The van der Waals surface area contributed by atoms with Crippen LogP contribution in [0.25, 0.3) is 0 Å². The molecule has 0 heterocycles. The molecule has 0 rings (SSSR count). The molecule has 15 heavy (non-hydrogen) atoms. The van der Waals surface area contributed by atoms with Crippen molar-refractivity contribution in [3.63, 3.8) is 0 Å². The number of hydrogen-bond donors (Lipinski definition) is 2. The van der Waals surface area contributed by atoms with Crippen LogP contribution in [0, 0.1) is 12.3 Å². The largest absolute Gasteiger partial charge is 0.334 e. The van der Waals surface area contributed by atoms with Gasteiger partial charge in [0.25, 0.3) is 0 Å². The van der Waals surface area contributed by atoms with Crippen molar-refractivity contribution in [2.45, 2.75) is 38.1 Å². The summed E-state index contributed by atoms with van der Waals surface area (Å²) in [5, 5.41) is 3.96. The standard InChI is InChI=1S/C10H15ClN2O2/c1-4-6-8(5-2)12-10(15)13-9(14)7(3)11/h1,7-8H,5-6H2,2-3H3,(H2,12,13,14,15). The third-order valence-electron chi connectivity index (χ3n) is 1.79. The molecule has 2 atom stereocenters. The summed E-state index contributed by atoms with van der Waals surface area (Å²) in [6, 6.07) is -0.678. The molecule has 0 saturated heterocycles. The summed E-state index contributed by atoms with van der Waals surface area (Å²) < 4.78 is 0. The predicted octanol–water partition coefficient (Wildman–Crippen LogP) is 1.24. The van der Waals surface area contributed by atoms with Crippen LogP contribution in [0.4, 0.5) is 4.79 Å². The molecule has 0 aliphatic rings. The van der Waals surface area contributed by atoms with Gasteiger partial charge in [0.15, 0.2) is 0 Å². The zero-order chi connectivity index (χ0) is 11.8. The van der Waals surface area contributed by atoms with Crippen molar-refractivity contribution < 1.29 is 9.59 Å². The first-order valence-corrected chi connectivity index (χ1v) is 5.13. The number of carbonyl (C=O) groups excluding carboxylic acids is 2. The van der Waals surface area contributed by atoms with E-state index in [0.717, 1.165) is 0 Å². The average Bonchev–Trinajstić information content (AvgIpc) is 2.16. The summed E-state index contributed by atoms with van der Waals surface area (Å²) in [7, 11) is 0. The van der Waals surface area contributed by atoms with Crippen LogP contribution in [0.5, 0.6) is 0 Å². The Morgan fingerprint density at radius 3 is 2.53 bits per heavy atom. The molecule has 84 valence electrons. The molecule has 0 aromatic heterocycles. The van der Waals surface area contributed by atoms with E-state index < -0.39 is 17.3 Å². The van der Waals surface area contributed by atoms with E-state index in [1.807, 2.05) is 6.92 Å². The minimum Gasteiger partial charge on any atom is -0.334 e. The van der Waals surface area contributed by atoms with E-state index in [4.69, 9.17) is 18.0 Å². The molecule has 0 fully saturated rings. The van der Waals surface area contributed by atoms with E-state index in [9.17, 15) is 9.59 Å². The van der Waals surface area contributed by atoms with Gasteiger partial charge < -0.3 is 5.32 Å². The van der Waals surface area contributed by atoms with Gasteiger partial charge in [0.2, 0.25) is 5.91 Å². The van der Waals surface area contributed by atoms with E-state index >= 15 is 0 Å². The Morgan fingerprint density at radius 2 is 2.13 bits per heavy atom. The SMILES string of the molecule is C#CCC(CC)NC(=O)NC(=O)C(C)Cl. The van der Waals surface area contributed by atoms with Crippen molar-refractivity contribution in [1.29, 1.82) is 0 Å². The lowest BCUT2D eigenvalue weighted by molar-refractivity contribution is -0.119. The van der Waals surface area contributed by atoms with Crippen molar-refractivity contribution in [3.8, 4) is 12.3 Å². The Balaban J connectivity index is 4.02. The topological polar surface area (TPSA) is 58.2 Å². The maximum Gasteiger partial charge on any atom is 0.321 e. The van der Waals surface area contributed by atoms with Crippen molar-refractivity contribution in [2.24, 2.45) is 0 Å². The summed E-state index contributed by atoms with van der Waals surface area (Å²) in [5.41, 5.74) is 0. The molecule has 0 aliphatic heterocycles. The molecule has 2 N–H and O–H groups in total. The molecule has 0 radical (unpaired) electrons. The normalized spacial score (nSPS) is 13.5. The van der Waals surface area contributed by atoms with Gasteiger partial charge in [-0.05, 0) is 13.3 Å². The van der Waals surface area contributed by atoms with Crippen molar-refractivity contribution in [3.05, 3.63) is 0 Å². The molecule has 0 aromatic carbocycles. The van der Waals surface area contributed by atoms with Gasteiger partial charge >= 0.3 is 6.03 Å². The van der Waals surface area contributed by atoms with Gasteiger partial charge in [-0.1, -0.05) is 6.92 Å². The minimum atomic E-state index is -0.733. The fraction of sp³-hybridized carbons (Fsp3) is 0.600. The molecule has 0 aromatic rings. The van der Waals surface area contributed by atoms with Gasteiger partial charge in [-0.3, -0.25) is 10.1 Å². The summed E-state index contributed by atoms with van der Waals surface area (Å²) in [6.07, 6.45) is 6.27. The summed E-state index contributed by atoms with van der Waals surface area (Å²) in [6.45, 7) is 3.39. The van der Waals surface area contributed by atoms with Crippen LogP contribution in [0.3, 0.4) is 0 Å². The van der Waals surface area contributed by atoms with Gasteiger partial charge in [0.1, 0.15) is 5.38 Å². The van der Waals surface area contributed by atoms with Crippen molar-refractivity contribution >= 4 is 23.5 Å². The summed E-state index contributed by atoms with van der Waals surface area (Å²) in [4.78, 5) is 22.3. The number of terminal acetylenes is 1. The molecular formula is C10H15ClN2O2. The van der Waals surface area contributed by atoms with Gasteiger partial charge in [0, 0.05) is 12.5 Å². The molecule has 0 aliphatic carbocycles. The second kappa shape index (κ2) is 7.13.